The third-order valence-corrected chi connectivity index (χ3v) is 4.02. The minimum absolute atomic E-state index is 0.223. The first-order valence-corrected chi connectivity index (χ1v) is 8.47. The number of pyridine rings is 1. The van der Waals surface area contributed by atoms with Crippen molar-refractivity contribution in [1.29, 1.82) is 0 Å². The van der Waals surface area contributed by atoms with Crippen molar-refractivity contribution in [3.05, 3.63) is 78.0 Å². The molecule has 0 saturated carbocycles. The molecule has 0 spiro atoms. The molecule has 6 nitrogen and oxygen atoms in total. The van der Waals surface area contributed by atoms with Crippen LogP contribution in [0.15, 0.2) is 66.9 Å². The van der Waals surface area contributed by atoms with Crippen LogP contribution in [-0.2, 0) is 6.54 Å². The maximum atomic E-state index is 12.7. The fourth-order valence-corrected chi connectivity index (χ4v) is 2.65. The maximum absolute atomic E-state index is 12.7. The molecule has 27 heavy (non-hydrogen) atoms. The van der Waals surface area contributed by atoms with Crippen molar-refractivity contribution in [2.24, 2.45) is 0 Å². The summed E-state index contributed by atoms with van der Waals surface area (Å²) in [6.45, 7) is 0.357. The Morgan fingerprint density at radius 3 is 2.67 bits per heavy atom. The van der Waals surface area contributed by atoms with Crippen molar-refractivity contribution >= 4 is 17.4 Å². The van der Waals surface area contributed by atoms with E-state index in [1.807, 2.05) is 48.5 Å². The van der Waals surface area contributed by atoms with E-state index in [4.69, 9.17) is 9.47 Å². The Bertz CT molecular complexity index is 928. The third kappa shape index (κ3) is 4.55. The van der Waals surface area contributed by atoms with Gasteiger partial charge in [-0.2, -0.15) is 0 Å². The van der Waals surface area contributed by atoms with Crippen LogP contribution in [0.4, 0.5) is 11.5 Å². The second-order valence-corrected chi connectivity index (χ2v) is 5.75. The van der Waals surface area contributed by atoms with Gasteiger partial charge in [-0.25, -0.2) is 4.98 Å². The van der Waals surface area contributed by atoms with E-state index in [1.165, 1.54) is 0 Å². The second kappa shape index (κ2) is 8.71. The zero-order chi connectivity index (χ0) is 19.1. The predicted molar refractivity (Wildman–Crippen MR) is 105 cm³/mol. The zero-order valence-corrected chi connectivity index (χ0v) is 15.2. The Labute approximate surface area is 158 Å². The number of hydrogen-bond acceptors (Lipinski definition) is 5. The van der Waals surface area contributed by atoms with Crippen LogP contribution in [0, 0.1) is 0 Å². The van der Waals surface area contributed by atoms with Gasteiger partial charge in [-0.1, -0.05) is 24.3 Å². The molecular formula is C21H21N3O3. The summed E-state index contributed by atoms with van der Waals surface area (Å²) in [4.78, 5) is 17.0. The van der Waals surface area contributed by atoms with Crippen LogP contribution in [0.5, 0.6) is 11.5 Å². The molecule has 3 rings (SSSR count). The minimum atomic E-state index is -0.223. The quantitative estimate of drug-likeness (QED) is 0.668. The van der Waals surface area contributed by atoms with Crippen LogP contribution in [0.1, 0.15) is 15.9 Å². The molecule has 0 unspecified atom stereocenters. The summed E-state index contributed by atoms with van der Waals surface area (Å²) in [6.07, 6.45) is 1.64. The van der Waals surface area contributed by atoms with Gasteiger partial charge in [0.1, 0.15) is 17.3 Å². The molecule has 0 aliphatic carbocycles. The predicted octanol–water partition coefficient (Wildman–Crippen LogP) is 3.77. The van der Waals surface area contributed by atoms with E-state index in [1.54, 1.807) is 32.5 Å². The molecule has 0 saturated heterocycles. The summed E-state index contributed by atoms with van der Waals surface area (Å²) < 4.78 is 10.5. The molecule has 2 N–H and O–H groups in total. The SMILES string of the molecule is COc1cccc(Nc2ncccc2C(=O)NCc2ccccc2OC)c1. The number of para-hydroxylation sites is 1. The molecule has 0 aliphatic rings. The highest BCUT2D eigenvalue weighted by molar-refractivity contribution is 5.99. The van der Waals surface area contributed by atoms with Crippen LogP contribution in [0.3, 0.4) is 0 Å². The van der Waals surface area contributed by atoms with Crippen molar-refractivity contribution in [3.63, 3.8) is 0 Å². The fraction of sp³-hybridized carbons (Fsp3) is 0.143. The van der Waals surface area contributed by atoms with Crippen molar-refractivity contribution in [2.45, 2.75) is 6.54 Å². The number of anilines is 2. The summed E-state index contributed by atoms with van der Waals surface area (Å²) in [5.41, 5.74) is 2.14. The summed E-state index contributed by atoms with van der Waals surface area (Å²) in [6, 6.07) is 18.5. The van der Waals surface area contributed by atoms with E-state index in [2.05, 4.69) is 15.6 Å². The Balaban J connectivity index is 1.75. The zero-order valence-electron chi connectivity index (χ0n) is 15.2. The normalized spacial score (nSPS) is 10.1. The number of benzene rings is 2. The minimum Gasteiger partial charge on any atom is -0.497 e. The molecule has 0 aliphatic heterocycles. The Morgan fingerprint density at radius 1 is 1.00 bits per heavy atom. The van der Waals surface area contributed by atoms with Gasteiger partial charge in [0, 0.05) is 30.1 Å². The lowest BCUT2D eigenvalue weighted by Gasteiger charge is -2.13. The molecule has 138 valence electrons. The number of carbonyl (C=O) groups is 1. The number of nitrogens with zero attached hydrogens (tertiary/aromatic N) is 1. The van der Waals surface area contributed by atoms with Crippen LogP contribution in [0.25, 0.3) is 0 Å². The lowest BCUT2D eigenvalue weighted by Crippen LogP contribution is -2.24. The molecule has 0 bridgehead atoms. The first-order chi connectivity index (χ1) is 13.2. The molecular weight excluding hydrogens is 342 g/mol. The van der Waals surface area contributed by atoms with E-state index in [-0.39, 0.29) is 5.91 Å². The average Bonchev–Trinajstić information content (AvgIpc) is 2.72. The van der Waals surface area contributed by atoms with Crippen molar-refractivity contribution in [3.8, 4) is 11.5 Å². The standard InChI is InChI=1S/C21H21N3O3/c1-26-17-9-5-8-16(13-17)24-20-18(10-6-12-22-20)21(25)23-14-15-7-3-4-11-19(15)27-2/h3-13H,14H2,1-2H3,(H,22,24)(H,23,25). The average molecular weight is 363 g/mol. The van der Waals surface area contributed by atoms with Crippen LogP contribution in [-0.4, -0.2) is 25.1 Å². The van der Waals surface area contributed by atoms with Gasteiger partial charge in [0.2, 0.25) is 0 Å². The number of hydrogen-bond donors (Lipinski definition) is 2. The second-order valence-electron chi connectivity index (χ2n) is 5.75. The fourth-order valence-electron chi connectivity index (χ4n) is 2.65. The summed E-state index contributed by atoms with van der Waals surface area (Å²) in [5, 5.41) is 6.09. The van der Waals surface area contributed by atoms with Gasteiger partial charge < -0.3 is 20.1 Å². The number of ether oxygens (including phenoxy) is 2. The van der Waals surface area contributed by atoms with Gasteiger partial charge in [-0.3, -0.25) is 4.79 Å². The first kappa shape index (κ1) is 18.3. The van der Waals surface area contributed by atoms with Crippen LogP contribution < -0.4 is 20.1 Å². The summed E-state index contributed by atoms with van der Waals surface area (Å²) in [5.74, 6) is 1.71. The number of rotatable bonds is 7. The van der Waals surface area contributed by atoms with Crippen molar-refractivity contribution in [1.82, 2.24) is 10.3 Å². The summed E-state index contributed by atoms with van der Waals surface area (Å²) in [7, 11) is 3.22. The van der Waals surface area contributed by atoms with Gasteiger partial charge in [-0.15, -0.1) is 0 Å². The molecule has 6 heteroatoms. The van der Waals surface area contributed by atoms with Gasteiger partial charge in [-0.05, 0) is 30.3 Å². The Morgan fingerprint density at radius 2 is 1.85 bits per heavy atom. The monoisotopic (exact) mass is 363 g/mol. The largest absolute Gasteiger partial charge is 0.497 e. The smallest absolute Gasteiger partial charge is 0.255 e. The third-order valence-electron chi connectivity index (χ3n) is 4.02. The van der Waals surface area contributed by atoms with E-state index in [9.17, 15) is 4.79 Å². The Kier molecular flexibility index (Phi) is 5.89. The van der Waals surface area contributed by atoms with E-state index in [0.717, 1.165) is 22.7 Å². The van der Waals surface area contributed by atoms with Gasteiger partial charge in [0.25, 0.3) is 5.91 Å². The molecule has 0 fully saturated rings. The number of carbonyl (C=O) groups excluding carboxylic acids is 1. The van der Waals surface area contributed by atoms with Crippen LogP contribution in [0.2, 0.25) is 0 Å². The number of methoxy groups -OCH3 is 2. The van der Waals surface area contributed by atoms with E-state index >= 15 is 0 Å². The van der Waals surface area contributed by atoms with Crippen molar-refractivity contribution in [2.75, 3.05) is 19.5 Å². The molecule has 0 atom stereocenters. The lowest BCUT2D eigenvalue weighted by atomic mass is 10.2. The highest BCUT2D eigenvalue weighted by Crippen LogP contribution is 2.23. The molecule has 1 amide bonds. The van der Waals surface area contributed by atoms with E-state index in [0.29, 0.717) is 17.9 Å². The first-order valence-electron chi connectivity index (χ1n) is 8.47. The molecule has 1 heterocycles. The highest BCUT2D eigenvalue weighted by Gasteiger charge is 2.13. The number of aromatic nitrogens is 1. The van der Waals surface area contributed by atoms with Gasteiger partial charge in [0.15, 0.2) is 0 Å². The van der Waals surface area contributed by atoms with Crippen molar-refractivity contribution < 1.29 is 14.3 Å². The number of amides is 1. The number of nitrogens with one attached hydrogen (secondary N) is 2. The topological polar surface area (TPSA) is 72.5 Å². The van der Waals surface area contributed by atoms with E-state index < -0.39 is 0 Å². The van der Waals surface area contributed by atoms with Gasteiger partial charge in [0.05, 0.1) is 19.8 Å². The lowest BCUT2D eigenvalue weighted by molar-refractivity contribution is 0.0951. The maximum Gasteiger partial charge on any atom is 0.255 e. The van der Waals surface area contributed by atoms with Crippen LogP contribution >= 0.6 is 0 Å². The molecule has 2 aromatic carbocycles. The Hall–Kier alpha value is -3.54. The molecule has 1 aromatic heterocycles. The highest BCUT2D eigenvalue weighted by atomic mass is 16.5. The van der Waals surface area contributed by atoms with Gasteiger partial charge >= 0.3 is 0 Å². The molecule has 3 aromatic rings. The summed E-state index contributed by atoms with van der Waals surface area (Å²) >= 11 is 0. The molecule has 0 radical (unpaired) electrons.